The van der Waals surface area contributed by atoms with Crippen molar-refractivity contribution in [1.29, 1.82) is 0 Å². The van der Waals surface area contributed by atoms with Crippen LogP contribution in [0.5, 0.6) is 5.88 Å². The first-order chi connectivity index (χ1) is 15.2. The van der Waals surface area contributed by atoms with Gasteiger partial charge in [0.25, 0.3) is 0 Å². The summed E-state index contributed by atoms with van der Waals surface area (Å²) in [5.41, 5.74) is 2.91. The number of carbonyl (C=O) groups excluding carboxylic acids is 1. The topological polar surface area (TPSA) is 56.1 Å². The molecule has 5 heteroatoms. The Kier molecular flexibility index (Phi) is 5.27. The molecule has 6 aliphatic carbocycles. The molecule has 0 atom stereocenters. The minimum atomic E-state index is -0.281. The molecule has 1 aromatic rings. The monoisotopic (exact) mass is 425 g/mol. The normalized spacial score (nSPS) is 34.9. The Balaban J connectivity index is 1.15. The fourth-order valence-corrected chi connectivity index (χ4v) is 8.37. The molecule has 5 saturated carbocycles. The Bertz CT molecular complexity index is 788. The van der Waals surface area contributed by atoms with Crippen LogP contribution < -0.4 is 10.1 Å². The zero-order chi connectivity index (χ0) is 20.8. The van der Waals surface area contributed by atoms with Crippen LogP contribution in [-0.2, 0) is 12.8 Å². The molecule has 31 heavy (non-hydrogen) atoms. The third-order valence-corrected chi connectivity index (χ3v) is 9.30. The molecular weight excluding hydrogens is 386 g/mol. The number of nitrogens with one attached hydrogen (secondary N) is 1. The highest BCUT2D eigenvalue weighted by atomic mass is 16.6. The molecule has 1 N–H and O–H groups in total. The van der Waals surface area contributed by atoms with E-state index in [1.54, 1.807) is 0 Å². The van der Waals surface area contributed by atoms with Crippen molar-refractivity contribution >= 4 is 6.09 Å². The second-order valence-electron chi connectivity index (χ2n) is 11.7. The van der Waals surface area contributed by atoms with Gasteiger partial charge in [0.15, 0.2) is 0 Å². The van der Waals surface area contributed by atoms with Gasteiger partial charge in [-0.25, -0.2) is 4.79 Å². The van der Waals surface area contributed by atoms with E-state index in [4.69, 9.17) is 9.84 Å². The first-order valence-electron chi connectivity index (χ1n) is 13.2. The fourth-order valence-electron chi connectivity index (χ4n) is 8.37. The zero-order valence-corrected chi connectivity index (χ0v) is 19.0. The van der Waals surface area contributed by atoms with E-state index < -0.39 is 0 Å². The summed E-state index contributed by atoms with van der Waals surface area (Å²) in [7, 11) is 0. The lowest BCUT2D eigenvalue weighted by atomic mass is 9.49. The molecule has 0 unspecified atom stereocenters. The van der Waals surface area contributed by atoms with Crippen molar-refractivity contribution in [2.24, 2.45) is 23.2 Å². The molecule has 0 aliphatic heterocycles. The summed E-state index contributed by atoms with van der Waals surface area (Å²) in [6.45, 7) is 0.793. The van der Waals surface area contributed by atoms with Crippen LogP contribution in [-0.4, -0.2) is 22.4 Å². The highest BCUT2D eigenvalue weighted by Gasteiger charge is 2.50. The van der Waals surface area contributed by atoms with Gasteiger partial charge in [-0.2, -0.15) is 0 Å². The highest BCUT2D eigenvalue weighted by molar-refractivity contribution is 5.70. The molecule has 4 bridgehead atoms. The lowest BCUT2D eigenvalue weighted by Crippen LogP contribution is -2.51. The Morgan fingerprint density at radius 3 is 2.29 bits per heavy atom. The van der Waals surface area contributed by atoms with Crippen molar-refractivity contribution < 1.29 is 9.53 Å². The molecule has 7 rings (SSSR count). The van der Waals surface area contributed by atoms with E-state index in [1.165, 1.54) is 101 Å². The first-order valence-corrected chi connectivity index (χ1v) is 13.2. The lowest BCUT2D eigenvalue weighted by Gasteiger charge is -2.56. The van der Waals surface area contributed by atoms with Crippen LogP contribution in [0.3, 0.4) is 0 Å². The fraction of sp³-hybridized carbons (Fsp3) is 0.846. The number of amides is 1. The maximum Gasteiger partial charge on any atom is 0.414 e. The SMILES string of the molecule is O=C(NCC12CC3CC(CC(C3)C1)C2)Oc1nn(C2CCCCC2)c2c1CCCCC2. The summed E-state index contributed by atoms with van der Waals surface area (Å²) in [4.78, 5) is 12.9. The second kappa shape index (κ2) is 8.12. The van der Waals surface area contributed by atoms with Gasteiger partial charge in [-0.05, 0) is 100 Å². The van der Waals surface area contributed by atoms with Gasteiger partial charge < -0.3 is 10.1 Å². The van der Waals surface area contributed by atoms with E-state index in [1.807, 2.05) is 0 Å². The third-order valence-electron chi connectivity index (χ3n) is 9.30. The number of rotatable bonds is 4. The van der Waals surface area contributed by atoms with Crippen LogP contribution >= 0.6 is 0 Å². The maximum atomic E-state index is 12.9. The number of carbonyl (C=O) groups is 1. The average Bonchev–Trinajstić information content (AvgIpc) is 2.93. The minimum Gasteiger partial charge on any atom is -0.389 e. The third kappa shape index (κ3) is 3.91. The zero-order valence-electron chi connectivity index (χ0n) is 19.0. The summed E-state index contributed by atoms with van der Waals surface area (Å²) >= 11 is 0. The smallest absolute Gasteiger partial charge is 0.389 e. The summed E-state index contributed by atoms with van der Waals surface area (Å²) in [6, 6.07) is 0.494. The van der Waals surface area contributed by atoms with Gasteiger partial charge in [-0.3, -0.25) is 4.68 Å². The molecule has 0 spiro atoms. The van der Waals surface area contributed by atoms with Crippen LogP contribution in [0.25, 0.3) is 0 Å². The Morgan fingerprint density at radius 2 is 1.58 bits per heavy atom. The van der Waals surface area contributed by atoms with Crippen LogP contribution in [0.2, 0.25) is 0 Å². The van der Waals surface area contributed by atoms with E-state index in [0.29, 0.717) is 17.3 Å². The van der Waals surface area contributed by atoms with Gasteiger partial charge in [0.05, 0.1) is 6.04 Å². The van der Waals surface area contributed by atoms with Crippen molar-refractivity contribution in [2.45, 2.75) is 109 Å². The van der Waals surface area contributed by atoms with Crippen LogP contribution in [0.15, 0.2) is 0 Å². The van der Waals surface area contributed by atoms with Gasteiger partial charge in [-0.15, -0.1) is 5.10 Å². The minimum absolute atomic E-state index is 0.281. The van der Waals surface area contributed by atoms with Crippen LogP contribution in [0.4, 0.5) is 4.79 Å². The van der Waals surface area contributed by atoms with E-state index in [2.05, 4.69) is 10.00 Å². The summed E-state index contributed by atoms with van der Waals surface area (Å²) in [5.74, 6) is 3.33. The number of hydrogen-bond donors (Lipinski definition) is 1. The van der Waals surface area contributed by atoms with Crippen LogP contribution in [0.1, 0.15) is 107 Å². The average molecular weight is 426 g/mol. The summed E-state index contributed by atoms with van der Waals surface area (Å²) < 4.78 is 8.19. The van der Waals surface area contributed by atoms with E-state index >= 15 is 0 Å². The van der Waals surface area contributed by atoms with Crippen molar-refractivity contribution in [1.82, 2.24) is 15.1 Å². The van der Waals surface area contributed by atoms with Gasteiger partial charge in [0.2, 0.25) is 5.88 Å². The molecule has 1 aromatic heterocycles. The molecule has 0 aromatic carbocycles. The standard InChI is InChI=1S/C26H39N3O2/c30-25(27-17-26-14-18-11-19(15-26)13-20(12-18)16-26)31-24-22-9-5-2-6-10-23(22)29(28-24)21-7-3-1-4-8-21/h18-21H,1-17H2,(H,27,30). The molecule has 0 radical (unpaired) electrons. The molecule has 0 saturated heterocycles. The Hall–Kier alpha value is -1.52. The van der Waals surface area contributed by atoms with Crippen molar-refractivity contribution in [3.05, 3.63) is 11.3 Å². The van der Waals surface area contributed by atoms with Crippen molar-refractivity contribution in [2.75, 3.05) is 6.54 Å². The number of ether oxygens (including phenoxy) is 1. The van der Waals surface area contributed by atoms with Gasteiger partial charge in [0, 0.05) is 17.8 Å². The van der Waals surface area contributed by atoms with E-state index in [-0.39, 0.29) is 6.09 Å². The number of aromatic nitrogens is 2. The maximum absolute atomic E-state index is 12.9. The summed E-state index contributed by atoms with van der Waals surface area (Å²) in [5, 5.41) is 8.09. The van der Waals surface area contributed by atoms with Crippen molar-refractivity contribution in [3.8, 4) is 5.88 Å². The van der Waals surface area contributed by atoms with E-state index in [0.717, 1.165) is 37.1 Å². The van der Waals surface area contributed by atoms with Gasteiger partial charge >= 0.3 is 6.09 Å². The molecule has 170 valence electrons. The largest absolute Gasteiger partial charge is 0.414 e. The molecule has 5 nitrogen and oxygen atoms in total. The van der Waals surface area contributed by atoms with E-state index in [9.17, 15) is 4.79 Å². The second-order valence-corrected chi connectivity index (χ2v) is 11.7. The Morgan fingerprint density at radius 1 is 0.935 bits per heavy atom. The first kappa shape index (κ1) is 20.1. The van der Waals surface area contributed by atoms with Gasteiger partial charge in [-0.1, -0.05) is 25.7 Å². The summed E-state index contributed by atoms with van der Waals surface area (Å²) in [6.07, 6.45) is 20.1. The predicted octanol–water partition coefficient (Wildman–Crippen LogP) is 5.96. The van der Waals surface area contributed by atoms with Gasteiger partial charge in [0.1, 0.15) is 0 Å². The highest BCUT2D eigenvalue weighted by Crippen LogP contribution is 2.59. The molecule has 6 aliphatic rings. The quantitative estimate of drug-likeness (QED) is 0.605. The van der Waals surface area contributed by atoms with Crippen LogP contribution in [0, 0.1) is 23.2 Å². The molecule has 1 amide bonds. The van der Waals surface area contributed by atoms with Crippen molar-refractivity contribution in [3.63, 3.8) is 0 Å². The number of nitrogens with zero attached hydrogens (tertiary/aromatic N) is 2. The lowest BCUT2D eigenvalue weighted by molar-refractivity contribution is -0.0503. The predicted molar refractivity (Wildman–Crippen MR) is 120 cm³/mol. The number of hydrogen-bond acceptors (Lipinski definition) is 3. The molecule has 1 heterocycles. The molecular formula is C26H39N3O2. The Labute approximate surface area is 186 Å². The molecule has 5 fully saturated rings. The number of fused-ring (bicyclic) bond motifs is 1.